The average molecular weight is 297 g/mol. The van der Waals surface area contributed by atoms with E-state index in [1.165, 1.54) is 0 Å². The Labute approximate surface area is 120 Å². The van der Waals surface area contributed by atoms with Crippen molar-refractivity contribution in [2.45, 2.75) is 0 Å². The van der Waals surface area contributed by atoms with E-state index in [0.717, 1.165) is 24.7 Å². The first-order valence-electron chi connectivity index (χ1n) is 6.02. The van der Waals surface area contributed by atoms with E-state index < -0.39 is 0 Å². The molecule has 5 nitrogen and oxygen atoms in total. The summed E-state index contributed by atoms with van der Waals surface area (Å²) in [6.07, 6.45) is 0. The van der Waals surface area contributed by atoms with Gasteiger partial charge in [0.05, 0.1) is 18.9 Å². The van der Waals surface area contributed by atoms with Crippen LogP contribution in [0.2, 0.25) is 5.02 Å². The Balaban J connectivity index is 2.05. The topological polar surface area (TPSA) is 46.1 Å². The molecule has 0 bridgehead atoms. The molecule has 2 heterocycles. The lowest BCUT2D eigenvalue weighted by atomic mass is 10.3. The van der Waals surface area contributed by atoms with Crippen LogP contribution in [-0.2, 0) is 4.74 Å². The number of ether oxygens (including phenoxy) is 1. The lowest BCUT2D eigenvalue weighted by Gasteiger charge is -2.27. The van der Waals surface area contributed by atoms with Gasteiger partial charge in [-0.3, -0.25) is 4.57 Å². The van der Waals surface area contributed by atoms with Crippen molar-refractivity contribution < 1.29 is 4.74 Å². The number of benzene rings is 1. The maximum absolute atomic E-state index is 6.04. The predicted molar refractivity (Wildman–Crippen MR) is 76.8 cm³/mol. The van der Waals surface area contributed by atoms with Crippen molar-refractivity contribution in [3.05, 3.63) is 34.1 Å². The third kappa shape index (κ3) is 2.51. The summed E-state index contributed by atoms with van der Waals surface area (Å²) in [5, 5.41) is 7.84. The van der Waals surface area contributed by atoms with E-state index in [9.17, 15) is 0 Å². The number of hydrogen-bond donors (Lipinski definition) is 1. The van der Waals surface area contributed by atoms with Crippen LogP contribution in [0.15, 0.2) is 24.3 Å². The molecule has 0 unspecified atom stereocenters. The number of morpholine rings is 1. The van der Waals surface area contributed by atoms with Gasteiger partial charge in [-0.1, -0.05) is 17.7 Å². The first kappa shape index (κ1) is 12.7. The highest BCUT2D eigenvalue weighted by atomic mass is 35.5. The first-order chi connectivity index (χ1) is 9.25. The predicted octanol–water partition coefficient (Wildman–Crippen LogP) is 2.42. The minimum Gasteiger partial charge on any atom is -0.378 e. The summed E-state index contributed by atoms with van der Waals surface area (Å²) in [5.74, 6) is 0.801. The molecule has 1 aliphatic heterocycles. The van der Waals surface area contributed by atoms with Gasteiger partial charge in [-0.2, -0.15) is 0 Å². The van der Waals surface area contributed by atoms with Crippen LogP contribution in [0.3, 0.4) is 0 Å². The van der Waals surface area contributed by atoms with Gasteiger partial charge in [0.1, 0.15) is 0 Å². The van der Waals surface area contributed by atoms with Crippen molar-refractivity contribution in [3.8, 4) is 5.69 Å². The number of nitrogens with one attached hydrogen (secondary N) is 1. The average Bonchev–Trinajstić information content (AvgIpc) is 2.82. The number of halogens is 1. The van der Waals surface area contributed by atoms with E-state index in [1.54, 1.807) is 0 Å². The molecule has 0 saturated carbocycles. The second kappa shape index (κ2) is 5.32. The van der Waals surface area contributed by atoms with Crippen LogP contribution in [-0.4, -0.2) is 41.1 Å². The third-order valence-electron chi connectivity index (χ3n) is 3.01. The van der Waals surface area contributed by atoms with Crippen LogP contribution >= 0.6 is 23.8 Å². The summed E-state index contributed by atoms with van der Waals surface area (Å²) in [4.78, 5) is 2.15. The number of hydrogen-bond acceptors (Lipinski definition) is 4. The number of nitrogens with zero attached hydrogens (tertiary/aromatic N) is 3. The molecule has 1 N–H and O–H groups in total. The fraction of sp³-hybridized carbons (Fsp3) is 0.333. The van der Waals surface area contributed by atoms with Crippen molar-refractivity contribution in [2.24, 2.45) is 0 Å². The highest BCUT2D eigenvalue weighted by Crippen LogP contribution is 2.21. The molecule has 1 aromatic carbocycles. The van der Waals surface area contributed by atoms with Crippen LogP contribution in [0.5, 0.6) is 0 Å². The second-order valence-electron chi connectivity index (χ2n) is 4.24. The normalized spacial score (nSPS) is 15.7. The Hall–Kier alpha value is -1.37. The molecule has 0 amide bonds. The lowest BCUT2D eigenvalue weighted by molar-refractivity contribution is 0.122. The van der Waals surface area contributed by atoms with E-state index in [-0.39, 0.29) is 0 Å². The molecule has 3 rings (SSSR count). The lowest BCUT2D eigenvalue weighted by Crippen LogP contribution is -2.37. The van der Waals surface area contributed by atoms with Crippen LogP contribution in [0.1, 0.15) is 0 Å². The van der Waals surface area contributed by atoms with Crippen molar-refractivity contribution >= 4 is 29.8 Å². The van der Waals surface area contributed by atoms with Crippen molar-refractivity contribution in [1.82, 2.24) is 14.8 Å². The molecule has 0 spiro atoms. The number of aromatic nitrogens is 3. The Bertz CT molecular complexity index is 633. The zero-order chi connectivity index (χ0) is 13.2. The standard InChI is InChI=1S/C12H13ClN4OS/c13-9-2-1-3-10(8-9)17-11(14-15-12(17)19)16-4-6-18-7-5-16/h1-3,8H,4-7H2,(H,15,19). The van der Waals surface area contributed by atoms with Crippen LogP contribution in [0, 0.1) is 4.77 Å². The van der Waals surface area contributed by atoms with E-state index in [1.807, 2.05) is 28.8 Å². The minimum atomic E-state index is 0.559. The Kier molecular flexibility index (Phi) is 3.54. The molecule has 100 valence electrons. The number of rotatable bonds is 2. The summed E-state index contributed by atoms with van der Waals surface area (Å²) in [6.45, 7) is 3.02. The zero-order valence-corrected chi connectivity index (χ0v) is 11.7. The summed E-state index contributed by atoms with van der Waals surface area (Å²) in [7, 11) is 0. The molecule has 1 aromatic heterocycles. The van der Waals surface area contributed by atoms with E-state index in [2.05, 4.69) is 15.1 Å². The third-order valence-corrected chi connectivity index (χ3v) is 3.52. The largest absolute Gasteiger partial charge is 0.378 e. The van der Waals surface area contributed by atoms with Gasteiger partial charge in [0, 0.05) is 18.1 Å². The fourth-order valence-corrected chi connectivity index (χ4v) is 2.53. The van der Waals surface area contributed by atoms with E-state index in [4.69, 9.17) is 28.6 Å². The molecular weight excluding hydrogens is 284 g/mol. The maximum Gasteiger partial charge on any atom is 0.230 e. The van der Waals surface area contributed by atoms with E-state index >= 15 is 0 Å². The van der Waals surface area contributed by atoms with Gasteiger partial charge in [-0.05, 0) is 30.4 Å². The highest BCUT2D eigenvalue weighted by molar-refractivity contribution is 7.71. The SMILES string of the molecule is S=c1[nH]nc(N2CCOCC2)n1-c1cccc(Cl)c1. The summed E-state index contributed by atoms with van der Waals surface area (Å²) in [5.41, 5.74) is 0.910. The quantitative estimate of drug-likeness (QED) is 0.865. The summed E-state index contributed by atoms with van der Waals surface area (Å²) >= 11 is 11.4. The van der Waals surface area contributed by atoms with Gasteiger partial charge in [0.2, 0.25) is 10.7 Å². The molecule has 19 heavy (non-hydrogen) atoms. The van der Waals surface area contributed by atoms with Gasteiger partial charge >= 0.3 is 0 Å². The van der Waals surface area contributed by atoms with Gasteiger partial charge < -0.3 is 9.64 Å². The fourth-order valence-electron chi connectivity index (χ4n) is 2.11. The first-order valence-corrected chi connectivity index (χ1v) is 6.80. The Morgan fingerprint density at radius 2 is 2.11 bits per heavy atom. The van der Waals surface area contributed by atoms with Gasteiger partial charge in [-0.15, -0.1) is 5.10 Å². The molecular formula is C12H13ClN4OS. The van der Waals surface area contributed by atoms with Gasteiger partial charge in [0.25, 0.3) is 0 Å². The second-order valence-corrected chi connectivity index (χ2v) is 5.07. The van der Waals surface area contributed by atoms with Gasteiger partial charge in [0.15, 0.2) is 0 Å². The number of H-pyrrole nitrogens is 1. The minimum absolute atomic E-state index is 0.559. The van der Waals surface area contributed by atoms with Crippen LogP contribution < -0.4 is 4.90 Å². The van der Waals surface area contributed by atoms with Gasteiger partial charge in [-0.25, -0.2) is 5.10 Å². The molecule has 1 saturated heterocycles. The van der Waals surface area contributed by atoms with E-state index in [0.29, 0.717) is 23.0 Å². The van der Waals surface area contributed by atoms with Crippen molar-refractivity contribution in [1.29, 1.82) is 0 Å². The number of anilines is 1. The molecule has 0 aliphatic carbocycles. The monoisotopic (exact) mass is 296 g/mol. The zero-order valence-electron chi connectivity index (χ0n) is 10.2. The van der Waals surface area contributed by atoms with Crippen LogP contribution in [0.4, 0.5) is 5.95 Å². The van der Waals surface area contributed by atoms with Crippen molar-refractivity contribution in [3.63, 3.8) is 0 Å². The number of aromatic amines is 1. The van der Waals surface area contributed by atoms with Crippen LogP contribution in [0.25, 0.3) is 5.69 Å². The Morgan fingerprint density at radius 3 is 2.84 bits per heavy atom. The maximum atomic E-state index is 6.04. The summed E-state index contributed by atoms with van der Waals surface area (Å²) < 4.78 is 7.81. The van der Waals surface area contributed by atoms with Crippen molar-refractivity contribution in [2.75, 3.05) is 31.2 Å². The molecule has 2 aromatic rings. The molecule has 7 heteroatoms. The molecule has 1 aliphatic rings. The highest BCUT2D eigenvalue weighted by Gasteiger charge is 2.18. The smallest absolute Gasteiger partial charge is 0.230 e. The molecule has 1 fully saturated rings. The molecule has 0 atom stereocenters. The summed E-state index contributed by atoms with van der Waals surface area (Å²) in [6, 6.07) is 7.57. The Morgan fingerprint density at radius 1 is 1.32 bits per heavy atom. The molecule has 0 radical (unpaired) electrons.